The van der Waals surface area contributed by atoms with Gasteiger partial charge in [-0.1, -0.05) is 0 Å². The lowest BCUT2D eigenvalue weighted by atomic mass is 10.3. The fourth-order valence-corrected chi connectivity index (χ4v) is 0.220. The molecule has 29 valence electrons. The summed E-state index contributed by atoms with van der Waals surface area (Å²) >= 11 is 0. The predicted octanol–water partition coefficient (Wildman–Crippen LogP) is -0.145. The molecule has 0 bridgehead atoms. The quantitative estimate of drug-likeness (QED) is 0.432. The molecule has 1 aliphatic rings. The van der Waals surface area contributed by atoms with Crippen molar-refractivity contribution < 1.29 is 4.74 Å². The molecule has 0 amide bonds. The third-order valence-corrected chi connectivity index (χ3v) is 0.636. The molecule has 5 heavy (non-hydrogen) atoms. The normalized spacial score (nSPS) is 25.8. The van der Waals surface area contributed by atoms with Gasteiger partial charge in [-0.3, -0.25) is 5.73 Å². The highest BCUT2D eigenvalue weighted by molar-refractivity contribution is 4.76. The van der Waals surface area contributed by atoms with E-state index in [1.807, 2.05) is 0 Å². The summed E-state index contributed by atoms with van der Waals surface area (Å²) in [6.07, 6.45) is 1.64. The summed E-state index contributed by atoms with van der Waals surface area (Å²) in [5.41, 5.74) is 5.07. The van der Waals surface area contributed by atoms with Crippen molar-refractivity contribution >= 4 is 0 Å². The van der Waals surface area contributed by atoms with Gasteiger partial charge in [0, 0.05) is 6.42 Å². The first-order chi connectivity index (χ1) is 2.39. The van der Waals surface area contributed by atoms with E-state index in [-0.39, 0.29) is 0 Å². The highest BCUT2D eigenvalue weighted by Crippen LogP contribution is 2.10. The average molecular weight is 72.1 g/mol. The highest BCUT2D eigenvalue weighted by atomic mass is 16.5. The maximum absolute atomic E-state index is 5.07. The molecule has 1 saturated heterocycles. The standard InChI is InChI=1S/C3H6NO/c4-3-1-2-5-3/h1-2,4H2. The Labute approximate surface area is 30.9 Å². The van der Waals surface area contributed by atoms with E-state index < -0.39 is 0 Å². The van der Waals surface area contributed by atoms with Crippen molar-refractivity contribution in [2.75, 3.05) is 6.61 Å². The molecule has 2 heteroatoms. The molecule has 0 aromatic heterocycles. The molecule has 0 unspecified atom stereocenters. The summed E-state index contributed by atoms with van der Waals surface area (Å²) in [4.78, 5) is 0. The van der Waals surface area contributed by atoms with Crippen LogP contribution in [0.4, 0.5) is 0 Å². The molecule has 0 aliphatic carbocycles. The predicted molar refractivity (Wildman–Crippen MR) is 18.0 cm³/mol. The monoisotopic (exact) mass is 72.0 g/mol. The first-order valence-corrected chi connectivity index (χ1v) is 1.64. The van der Waals surface area contributed by atoms with E-state index in [1.54, 1.807) is 0 Å². The van der Waals surface area contributed by atoms with Crippen molar-refractivity contribution in [2.24, 2.45) is 5.73 Å². The lowest BCUT2D eigenvalue weighted by molar-refractivity contribution is 0.0431. The zero-order valence-corrected chi connectivity index (χ0v) is 2.90. The lowest BCUT2D eigenvalue weighted by Gasteiger charge is -2.18. The van der Waals surface area contributed by atoms with Gasteiger partial charge in [0.15, 0.2) is 6.23 Å². The molecule has 0 aromatic carbocycles. The highest BCUT2D eigenvalue weighted by Gasteiger charge is 2.12. The van der Waals surface area contributed by atoms with Gasteiger partial charge in [-0.2, -0.15) is 0 Å². The van der Waals surface area contributed by atoms with Crippen molar-refractivity contribution in [3.8, 4) is 0 Å². The van der Waals surface area contributed by atoms with Gasteiger partial charge in [-0.25, -0.2) is 0 Å². The molecule has 0 aromatic rings. The molecule has 0 atom stereocenters. The molecule has 1 heterocycles. The van der Waals surface area contributed by atoms with Crippen LogP contribution in [0.1, 0.15) is 6.42 Å². The molecule has 0 spiro atoms. The van der Waals surface area contributed by atoms with Gasteiger partial charge < -0.3 is 4.74 Å². The van der Waals surface area contributed by atoms with Crippen molar-refractivity contribution in [1.82, 2.24) is 0 Å². The molecule has 2 nitrogen and oxygen atoms in total. The maximum atomic E-state index is 5.07. The van der Waals surface area contributed by atoms with E-state index in [9.17, 15) is 0 Å². The first kappa shape index (κ1) is 3.12. The number of hydrogen-bond donors (Lipinski definition) is 1. The fourth-order valence-electron chi connectivity index (χ4n) is 0.220. The number of hydrogen-bond acceptors (Lipinski definition) is 2. The molecule has 1 radical (unpaired) electrons. The van der Waals surface area contributed by atoms with Gasteiger partial charge in [0.2, 0.25) is 0 Å². The van der Waals surface area contributed by atoms with E-state index in [2.05, 4.69) is 4.74 Å². The minimum atomic E-state index is 0.685. The molecule has 1 aliphatic heterocycles. The van der Waals surface area contributed by atoms with Crippen LogP contribution in [0.15, 0.2) is 0 Å². The Morgan fingerprint density at radius 3 is 2.20 bits per heavy atom. The fraction of sp³-hybridized carbons (Fsp3) is 0.667. The summed E-state index contributed by atoms with van der Waals surface area (Å²) < 4.78 is 4.62. The Kier molecular flexibility index (Phi) is 0.596. The van der Waals surface area contributed by atoms with Crippen LogP contribution in [-0.2, 0) is 4.74 Å². The van der Waals surface area contributed by atoms with E-state index in [0.29, 0.717) is 6.23 Å². The molecule has 1 fully saturated rings. The number of nitrogens with two attached hydrogens (primary N) is 1. The third-order valence-electron chi connectivity index (χ3n) is 0.636. The van der Waals surface area contributed by atoms with Crippen LogP contribution in [0.3, 0.4) is 0 Å². The molecule has 2 N–H and O–H groups in total. The second-order valence-electron chi connectivity index (χ2n) is 1.06. The number of rotatable bonds is 0. The minimum Gasteiger partial charge on any atom is -0.356 e. The second-order valence-corrected chi connectivity index (χ2v) is 1.06. The minimum absolute atomic E-state index is 0.685. The SMILES string of the molecule is N[C]1CCO1. The Morgan fingerprint density at radius 2 is 2.20 bits per heavy atom. The Balaban J connectivity index is 2.08. The van der Waals surface area contributed by atoms with E-state index >= 15 is 0 Å². The van der Waals surface area contributed by atoms with Gasteiger partial charge in [0.05, 0.1) is 6.61 Å². The summed E-state index contributed by atoms with van der Waals surface area (Å²) in [6.45, 7) is 0.825. The van der Waals surface area contributed by atoms with Crippen molar-refractivity contribution in [2.45, 2.75) is 6.42 Å². The van der Waals surface area contributed by atoms with Crippen LogP contribution in [-0.4, -0.2) is 6.61 Å². The van der Waals surface area contributed by atoms with Crippen LogP contribution >= 0.6 is 0 Å². The van der Waals surface area contributed by atoms with Gasteiger partial charge in [-0.05, 0) is 0 Å². The molecule has 0 saturated carbocycles. The Bertz CT molecular complexity index is 33.9. The van der Waals surface area contributed by atoms with Gasteiger partial charge in [0.25, 0.3) is 0 Å². The van der Waals surface area contributed by atoms with Crippen LogP contribution < -0.4 is 5.73 Å². The Hall–Kier alpha value is -0.0800. The second kappa shape index (κ2) is 0.954. The molecular formula is C3H6NO. The van der Waals surface area contributed by atoms with Crippen LogP contribution in [0, 0.1) is 6.23 Å². The van der Waals surface area contributed by atoms with Crippen LogP contribution in [0.25, 0.3) is 0 Å². The van der Waals surface area contributed by atoms with Gasteiger partial charge in [0.1, 0.15) is 0 Å². The van der Waals surface area contributed by atoms with Crippen molar-refractivity contribution in [3.63, 3.8) is 0 Å². The van der Waals surface area contributed by atoms with E-state index in [4.69, 9.17) is 5.73 Å². The van der Waals surface area contributed by atoms with Gasteiger partial charge in [-0.15, -0.1) is 0 Å². The smallest absolute Gasteiger partial charge is 0.161 e. The Morgan fingerprint density at radius 1 is 1.80 bits per heavy atom. The molecule has 1 rings (SSSR count). The van der Waals surface area contributed by atoms with E-state index in [0.717, 1.165) is 13.0 Å². The zero-order valence-electron chi connectivity index (χ0n) is 2.90. The summed E-state index contributed by atoms with van der Waals surface area (Å²) in [7, 11) is 0. The summed E-state index contributed by atoms with van der Waals surface area (Å²) in [5.74, 6) is 0. The largest absolute Gasteiger partial charge is 0.356 e. The average Bonchev–Trinajstić information content (AvgIpc) is 1.30. The number of ether oxygens (including phenoxy) is 1. The summed E-state index contributed by atoms with van der Waals surface area (Å²) in [6, 6.07) is 0. The summed E-state index contributed by atoms with van der Waals surface area (Å²) in [5, 5.41) is 0. The van der Waals surface area contributed by atoms with E-state index in [1.165, 1.54) is 0 Å². The third kappa shape index (κ3) is 0.412. The van der Waals surface area contributed by atoms with Gasteiger partial charge >= 0.3 is 0 Å². The zero-order chi connectivity index (χ0) is 3.70. The van der Waals surface area contributed by atoms with Crippen LogP contribution in [0.2, 0.25) is 0 Å². The van der Waals surface area contributed by atoms with Crippen LogP contribution in [0.5, 0.6) is 0 Å². The molecular weight excluding hydrogens is 66.0 g/mol. The lowest BCUT2D eigenvalue weighted by Crippen LogP contribution is -2.25. The maximum Gasteiger partial charge on any atom is 0.161 e. The van der Waals surface area contributed by atoms with Crippen molar-refractivity contribution in [1.29, 1.82) is 0 Å². The van der Waals surface area contributed by atoms with Crippen molar-refractivity contribution in [3.05, 3.63) is 6.23 Å². The topological polar surface area (TPSA) is 35.2 Å². The first-order valence-electron chi connectivity index (χ1n) is 1.64.